The highest BCUT2D eigenvalue weighted by molar-refractivity contribution is 6.31. The fourth-order valence-corrected chi connectivity index (χ4v) is 6.25. The predicted octanol–water partition coefficient (Wildman–Crippen LogP) is 2.13. The number of carbonyl (C=O) groups is 2. The minimum Gasteiger partial charge on any atom is -0.340 e. The molecule has 4 atom stereocenters. The van der Waals surface area contributed by atoms with Crippen LogP contribution in [-0.4, -0.2) is 65.8 Å². The van der Waals surface area contributed by atoms with Crippen LogP contribution in [0.4, 0.5) is 0 Å². The second kappa shape index (κ2) is 9.31. The molecule has 0 aromatic carbocycles. The van der Waals surface area contributed by atoms with Gasteiger partial charge >= 0.3 is 0 Å². The fourth-order valence-electron chi connectivity index (χ4n) is 5.95. The molecule has 2 aliphatic carbocycles. The molecule has 0 radical (unpaired) electrons. The Morgan fingerprint density at radius 3 is 2.54 bits per heavy atom. The summed E-state index contributed by atoms with van der Waals surface area (Å²) in [6, 6.07) is -0.119. The van der Waals surface area contributed by atoms with Crippen LogP contribution in [0.5, 0.6) is 0 Å². The number of halogens is 1. The van der Waals surface area contributed by atoms with E-state index in [4.69, 9.17) is 11.6 Å². The molecule has 28 heavy (non-hydrogen) atoms. The van der Waals surface area contributed by atoms with Crippen molar-refractivity contribution < 1.29 is 9.59 Å². The average Bonchev–Trinajstić information content (AvgIpc) is 2.72. The molecule has 2 aliphatic heterocycles. The van der Waals surface area contributed by atoms with Gasteiger partial charge in [0.25, 0.3) is 5.91 Å². The number of nitrogens with zero attached hydrogens (tertiary/aromatic N) is 2. The molecule has 0 spiro atoms. The van der Waals surface area contributed by atoms with Gasteiger partial charge in [-0.05, 0) is 30.6 Å². The second-order valence-corrected chi connectivity index (χ2v) is 9.81. The van der Waals surface area contributed by atoms with E-state index in [0.717, 1.165) is 31.5 Å². The summed E-state index contributed by atoms with van der Waals surface area (Å²) in [5.74, 6) is 2.48. The zero-order chi connectivity index (χ0) is 19.5. The lowest BCUT2D eigenvalue weighted by Gasteiger charge is -2.43. The molecule has 2 saturated carbocycles. The normalized spacial score (nSPS) is 36.4. The summed E-state index contributed by atoms with van der Waals surface area (Å²) in [6.07, 6.45) is 12.4. The van der Waals surface area contributed by atoms with E-state index in [1.165, 1.54) is 57.8 Å². The molecule has 0 bridgehead atoms. The Kier molecular flexibility index (Phi) is 6.79. The SMILES string of the molecule is O=C1NNCC(N2CCN(CC3CCCC(C4CCCCC4)C3)C(=O)C2)C1Cl. The van der Waals surface area contributed by atoms with Gasteiger partial charge in [-0.2, -0.15) is 0 Å². The van der Waals surface area contributed by atoms with Crippen molar-refractivity contribution in [3.05, 3.63) is 0 Å². The van der Waals surface area contributed by atoms with E-state index in [2.05, 4.69) is 20.7 Å². The lowest BCUT2D eigenvalue weighted by atomic mass is 9.70. The molecule has 2 heterocycles. The molecule has 0 aromatic rings. The van der Waals surface area contributed by atoms with Crippen LogP contribution in [0, 0.1) is 17.8 Å². The van der Waals surface area contributed by atoms with Crippen molar-refractivity contribution in [2.75, 3.05) is 32.7 Å². The van der Waals surface area contributed by atoms with Crippen LogP contribution in [0.2, 0.25) is 0 Å². The number of piperazine rings is 1. The summed E-state index contributed by atoms with van der Waals surface area (Å²) in [4.78, 5) is 28.8. The maximum Gasteiger partial charge on any atom is 0.253 e. The van der Waals surface area contributed by atoms with E-state index in [1.807, 2.05) is 0 Å². The molecular weight excluding hydrogens is 376 g/mol. The Bertz CT molecular complexity index is 569. The third-order valence-corrected chi connectivity index (χ3v) is 8.04. The first-order chi connectivity index (χ1) is 13.6. The number of nitrogens with one attached hydrogen (secondary N) is 2. The standard InChI is InChI=1S/C21H35ClN4O2/c22-20-18(12-23-24-21(20)28)25-9-10-26(19(27)14-25)13-15-5-4-8-17(11-15)16-6-2-1-3-7-16/h15-18,20,23H,1-14H2,(H,24,28). The lowest BCUT2D eigenvalue weighted by Crippen LogP contribution is -2.65. The third-order valence-electron chi connectivity index (χ3n) is 7.55. The summed E-state index contributed by atoms with van der Waals surface area (Å²) in [5, 5.41) is -0.602. The van der Waals surface area contributed by atoms with Crippen LogP contribution in [0.15, 0.2) is 0 Å². The lowest BCUT2D eigenvalue weighted by molar-refractivity contribution is -0.139. The van der Waals surface area contributed by atoms with Crippen molar-refractivity contribution in [3.63, 3.8) is 0 Å². The Balaban J connectivity index is 1.28. The summed E-state index contributed by atoms with van der Waals surface area (Å²) in [7, 11) is 0. The van der Waals surface area contributed by atoms with Crippen molar-refractivity contribution in [2.45, 2.75) is 69.2 Å². The Morgan fingerprint density at radius 2 is 1.75 bits per heavy atom. The zero-order valence-corrected chi connectivity index (χ0v) is 17.6. The molecule has 0 aromatic heterocycles. The molecule has 158 valence electrons. The van der Waals surface area contributed by atoms with Gasteiger partial charge < -0.3 is 4.90 Å². The molecule has 2 saturated heterocycles. The van der Waals surface area contributed by atoms with Crippen LogP contribution >= 0.6 is 11.6 Å². The number of amides is 2. The summed E-state index contributed by atoms with van der Waals surface area (Å²) < 4.78 is 0. The Morgan fingerprint density at radius 1 is 0.964 bits per heavy atom. The van der Waals surface area contributed by atoms with Crippen LogP contribution in [0.25, 0.3) is 0 Å². The number of alkyl halides is 1. The first-order valence-corrected chi connectivity index (χ1v) is 11.7. The van der Waals surface area contributed by atoms with Crippen LogP contribution in [-0.2, 0) is 9.59 Å². The summed E-state index contributed by atoms with van der Waals surface area (Å²) >= 11 is 6.28. The monoisotopic (exact) mass is 410 g/mol. The van der Waals surface area contributed by atoms with E-state index >= 15 is 0 Å². The molecule has 2 amide bonds. The number of rotatable bonds is 4. The van der Waals surface area contributed by atoms with Gasteiger partial charge in [-0.25, -0.2) is 5.43 Å². The van der Waals surface area contributed by atoms with E-state index in [-0.39, 0.29) is 17.9 Å². The topological polar surface area (TPSA) is 64.7 Å². The second-order valence-electron chi connectivity index (χ2n) is 9.34. The van der Waals surface area contributed by atoms with Gasteiger partial charge in [-0.15, -0.1) is 11.6 Å². The Labute approximate surface area is 173 Å². The molecule has 4 fully saturated rings. The van der Waals surface area contributed by atoms with Crippen molar-refractivity contribution in [2.24, 2.45) is 17.8 Å². The van der Waals surface area contributed by atoms with Crippen molar-refractivity contribution in [1.82, 2.24) is 20.7 Å². The first kappa shape index (κ1) is 20.4. The largest absolute Gasteiger partial charge is 0.340 e. The molecular formula is C21H35ClN4O2. The highest BCUT2D eigenvalue weighted by atomic mass is 35.5. The summed E-state index contributed by atoms with van der Waals surface area (Å²) in [6.45, 7) is 3.43. The number of hydrazine groups is 1. The highest BCUT2D eigenvalue weighted by Gasteiger charge is 2.38. The molecule has 2 N–H and O–H groups in total. The van der Waals surface area contributed by atoms with Gasteiger partial charge in [0.2, 0.25) is 5.91 Å². The van der Waals surface area contributed by atoms with Crippen LogP contribution < -0.4 is 10.9 Å². The fraction of sp³-hybridized carbons (Fsp3) is 0.905. The van der Waals surface area contributed by atoms with Crippen LogP contribution in [0.1, 0.15) is 57.8 Å². The van der Waals surface area contributed by atoms with Gasteiger partial charge in [0.1, 0.15) is 5.38 Å². The van der Waals surface area contributed by atoms with Gasteiger partial charge in [-0.1, -0.05) is 44.9 Å². The van der Waals surface area contributed by atoms with Crippen LogP contribution in [0.3, 0.4) is 0 Å². The minimum atomic E-state index is -0.602. The number of hydrogen-bond donors (Lipinski definition) is 2. The zero-order valence-electron chi connectivity index (χ0n) is 16.9. The van der Waals surface area contributed by atoms with Gasteiger partial charge in [0.15, 0.2) is 0 Å². The van der Waals surface area contributed by atoms with E-state index in [9.17, 15) is 9.59 Å². The minimum absolute atomic E-state index is 0.119. The molecule has 4 unspecified atom stereocenters. The molecule has 6 nitrogen and oxygen atoms in total. The summed E-state index contributed by atoms with van der Waals surface area (Å²) in [5.41, 5.74) is 5.45. The third kappa shape index (κ3) is 4.65. The van der Waals surface area contributed by atoms with E-state index in [0.29, 0.717) is 19.0 Å². The van der Waals surface area contributed by atoms with Gasteiger partial charge in [-0.3, -0.25) is 19.9 Å². The van der Waals surface area contributed by atoms with Crippen molar-refractivity contribution in [1.29, 1.82) is 0 Å². The van der Waals surface area contributed by atoms with E-state index in [1.54, 1.807) is 0 Å². The highest BCUT2D eigenvalue weighted by Crippen LogP contribution is 2.40. The molecule has 4 rings (SSSR count). The first-order valence-electron chi connectivity index (χ1n) is 11.3. The average molecular weight is 411 g/mol. The molecule has 7 heteroatoms. The van der Waals surface area contributed by atoms with Gasteiger partial charge in [0.05, 0.1) is 6.54 Å². The van der Waals surface area contributed by atoms with Crippen molar-refractivity contribution in [3.8, 4) is 0 Å². The maximum absolute atomic E-state index is 12.8. The van der Waals surface area contributed by atoms with Gasteiger partial charge in [0, 0.05) is 32.2 Å². The maximum atomic E-state index is 12.8. The molecule has 4 aliphatic rings. The smallest absolute Gasteiger partial charge is 0.253 e. The van der Waals surface area contributed by atoms with E-state index < -0.39 is 5.38 Å². The Hall–Kier alpha value is -0.850. The van der Waals surface area contributed by atoms with Crippen molar-refractivity contribution >= 4 is 23.4 Å². The quantitative estimate of drug-likeness (QED) is 0.697. The number of carbonyl (C=O) groups excluding carboxylic acids is 2. The predicted molar refractivity (Wildman–Crippen MR) is 110 cm³/mol. The number of hydrogen-bond acceptors (Lipinski definition) is 4.